The summed E-state index contributed by atoms with van der Waals surface area (Å²) < 4.78 is 11.7. The minimum absolute atomic E-state index is 0.324. The van der Waals surface area contributed by atoms with Crippen LogP contribution in [0, 0.1) is 0 Å². The van der Waals surface area contributed by atoms with Crippen molar-refractivity contribution in [1.29, 1.82) is 0 Å². The molecule has 0 saturated carbocycles. The van der Waals surface area contributed by atoms with E-state index in [4.69, 9.17) is 14.6 Å². The molecule has 194 valence electrons. The highest BCUT2D eigenvalue weighted by atomic mass is 16.5. The lowest BCUT2D eigenvalue weighted by atomic mass is 10.1. The molecule has 5 heteroatoms. The third kappa shape index (κ3) is 14.6. The number of ether oxygens (including phenoxy) is 2. The molecule has 0 aliphatic carbocycles. The van der Waals surface area contributed by atoms with Crippen LogP contribution in [0.4, 0.5) is 11.4 Å². The summed E-state index contributed by atoms with van der Waals surface area (Å²) in [7, 11) is 0. The lowest BCUT2D eigenvalue weighted by molar-refractivity contribution is 0.282. The minimum Gasteiger partial charge on any atom is -0.494 e. The summed E-state index contributed by atoms with van der Waals surface area (Å²) in [4.78, 5) is 0. The van der Waals surface area contributed by atoms with Crippen LogP contribution >= 0.6 is 0 Å². The first-order valence-corrected chi connectivity index (χ1v) is 13.8. The van der Waals surface area contributed by atoms with Crippen molar-refractivity contribution in [3.05, 3.63) is 48.5 Å². The van der Waals surface area contributed by atoms with Gasteiger partial charge in [0.15, 0.2) is 0 Å². The van der Waals surface area contributed by atoms with Crippen molar-refractivity contribution in [2.24, 2.45) is 10.2 Å². The van der Waals surface area contributed by atoms with E-state index in [9.17, 15) is 0 Å². The fourth-order valence-corrected chi connectivity index (χ4v) is 3.87. The molecule has 2 rings (SSSR count). The zero-order chi connectivity index (χ0) is 24.8. The van der Waals surface area contributed by atoms with Gasteiger partial charge in [-0.1, -0.05) is 77.6 Å². The molecule has 0 aromatic heterocycles. The molecule has 0 radical (unpaired) electrons. The second kappa shape index (κ2) is 19.9. The van der Waals surface area contributed by atoms with Crippen molar-refractivity contribution in [2.45, 2.75) is 96.8 Å². The SMILES string of the molecule is CCCCCCCCOc1ccc(N=Nc2ccc(OCCCCCCCCCCO)cc2)cc1. The highest BCUT2D eigenvalue weighted by Crippen LogP contribution is 2.23. The summed E-state index contributed by atoms with van der Waals surface area (Å²) in [5.74, 6) is 1.76. The van der Waals surface area contributed by atoms with E-state index >= 15 is 0 Å². The Morgan fingerprint density at radius 1 is 0.514 bits per heavy atom. The second-order valence-corrected chi connectivity index (χ2v) is 9.20. The van der Waals surface area contributed by atoms with Crippen LogP contribution in [0.2, 0.25) is 0 Å². The van der Waals surface area contributed by atoms with Crippen molar-refractivity contribution in [3.63, 3.8) is 0 Å². The average Bonchev–Trinajstić information content (AvgIpc) is 2.89. The molecule has 0 atom stereocenters. The summed E-state index contributed by atoms with van der Waals surface area (Å²) in [6, 6.07) is 15.6. The Morgan fingerprint density at radius 3 is 1.29 bits per heavy atom. The molecule has 0 saturated heterocycles. The van der Waals surface area contributed by atoms with Crippen molar-refractivity contribution in [3.8, 4) is 11.5 Å². The average molecular weight is 483 g/mol. The molecule has 0 aliphatic rings. The van der Waals surface area contributed by atoms with Crippen LogP contribution in [-0.4, -0.2) is 24.9 Å². The Labute approximate surface area is 213 Å². The molecule has 2 aromatic carbocycles. The third-order valence-electron chi connectivity index (χ3n) is 6.04. The fraction of sp³-hybridized carbons (Fsp3) is 0.600. The van der Waals surface area contributed by atoms with Crippen molar-refractivity contribution < 1.29 is 14.6 Å². The maximum Gasteiger partial charge on any atom is 0.119 e. The number of azo groups is 1. The number of nitrogens with zero attached hydrogens (tertiary/aromatic N) is 2. The fourth-order valence-electron chi connectivity index (χ4n) is 3.87. The van der Waals surface area contributed by atoms with Gasteiger partial charge in [-0.3, -0.25) is 0 Å². The Balaban J connectivity index is 1.57. The monoisotopic (exact) mass is 482 g/mol. The number of hydrogen-bond donors (Lipinski definition) is 1. The largest absolute Gasteiger partial charge is 0.494 e. The van der Waals surface area contributed by atoms with Gasteiger partial charge in [-0.25, -0.2) is 0 Å². The predicted octanol–water partition coefficient (Wildman–Crippen LogP) is 9.33. The van der Waals surface area contributed by atoms with E-state index in [0.717, 1.165) is 61.8 Å². The van der Waals surface area contributed by atoms with E-state index in [0.29, 0.717) is 6.61 Å². The van der Waals surface area contributed by atoms with Gasteiger partial charge in [-0.15, -0.1) is 0 Å². The standard InChI is InChI=1S/C30H46N2O3/c1-2-3-4-5-11-14-25-34-29-20-16-27(17-21-29)31-32-28-18-22-30(23-19-28)35-26-15-12-9-7-6-8-10-13-24-33/h16-23,33H,2-15,24-26H2,1H3. The lowest BCUT2D eigenvalue weighted by Crippen LogP contribution is -1.97. The van der Waals surface area contributed by atoms with Gasteiger partial charge < -0.3 is 14.6 Å². The summed E-state index contributed by atoms with van der Waals surface area (Å²) in [5.41, 5.74) is 1.62. The molecule has 5 nitrogen and oxygen atoms in total. The van der Waals surface area contributed by atoms with E-state index in [-0.39, 0.29) is 0 Å². The number of hydrogen-bond acceptors (Lipinski definition) is 5. The number of benzene rings is 2. The molecule has 0 bridgehead atoms. The normalized spacial score (nSPS) is 11.3. The van der Waals surface area contributed by atoms with Gasteiger partial charge in [-0.2, -0.15) is 10.2 Å². The van der Waals surface area contributed by atoms with Gasteiger partial charge >= 0.3 is 0 Å². The van der Waals surface area contributed by atoms with Gasteiger partial charge in [0.2, 0.25) is 0 Å². The Morgan fingerprint density at radius 2 is 0.886 bits per heavy atom. The quantitative estimate of drug-likeness (QED) is 0.142. The summed E-state index contributed by atoms with van der Waals surface area (Å²) in [5, 5.41) is 17.4. The zero-order valence-electron chi connectivity index (χ0n) is 21.8. The molecule has 0 aliphatic heterocycles. The topological polar surface area (TPSA) is 63.4 Å². The molecule has 0 unspecified atom stereocenters. The van der Waals surface area contributed by atoms with Crippen molar-refractivity contribution >= 4 is 11.4 Å². The maximum atomic E-state index is 8.78. The Bertz CT molecular complexity index is 775. The number of rotatable bonds is 21. The smallest absolute Gasteiger partial charge is 0.119 e. The van der Waals surface area contributed by atoms with E-state index in [2.05, 4.69) is 17.2 Å². The highest BCUT2D eigenvalue weighted by Gasteiger charge is 1.98. The van der Waals surface area contributed by atoms with Crippen LogP contribution < -0.4 is 9.47 Å². The van der Waals surface area contributed by atoms with Crippen LogP contribution in [0.15, 0.2) is 58.8 Å². The second-order valence-electron chi connectivity index (χ2n) is 9.20. The van der Waals surface area contributed by atoms with Gasteiger partial charge in [0.25, 0.3) is 0 Å². The van der Waals surface area contributed by atoms with Crippen LogP contribution in [0.1, 0.15) is 96.8 Å². The highest BCUT2D eigenvalue weighted by molar-refractivity contribution is 5.44. The van der Waals surface area contributed by atoms with E-state index < -0.39 is 0 Å². The van der Waals surface area contributed by atoms with Crippen LogP contribution in [0.5, 0.6) is 11.5 Å². The van der Waals surface area contributed by atoms with Crippen molar-refractivity contribution in [1.82, 2.24) is 0 Å². The number of aliphatic hydroxyl groups excluding tert-OH is 1. The Hall–Kier alpha value is -2.40. The predicted molar refractivity (Wildman–Crippen MR) is 145 cm³/mol. The maximum absolute atomic E-state index is 8.78. The van der Waals surface area contributed by atoms with Crippen LogP contribution in [0.25, 0.3) is 0 Å². The van der Waals surface area contributed by atoms with Gasteiger partial charge in [0.05, 0.1) is 24.6 Å². The van der Waals surface area contributed by atoms with Gasteiger partial charge in [0.1, 0.15) is 11.5 Å². The number of unbranched alkanes of at least 4 members (excludes halogenated alkanes) is 12. The van der Waals surface area contributed by atoms with Gasteiger partial charge in [-0.05, 0) is 67.8 Å². The molecule has 1 N–H and O–H groups in total. The van der Waals surface area contributed by atoms with Crippen LogP contribution in [-0.2, 0) is 0 Å². The van der Waals surface area contributed by atoms with Gasteiger partial charge in [0, 0.05) is 6.61 Å². The molecule has 2 aromatic rings. The lowest BCUT2D eigenvalue weighted by Gasteiger charge is -2.06. The number of aliphatic hydroxyl groups is 1. The Kier molecular flexibility index (Phi) is 16.4. The molecule has 0 amide bonds. The minimum atomic E-state index is 0.324. The first-order valence-electron chi connectivity index (χ1n) is 13.8. The molecular formula is C30H46N2O3. The first kappa shape index (κ1) is 28.8. The van der Waals surface area contributed by atoms with E-state index in [1.54, 1.807) is 0 Å². The molecular weight excluding hydrogens is 436 g/mol. The third-order valence-corrected chi connectivity index (χ3v) is 6.04. The van der Waals surface area contributed by atoms with E-state index in [1.807, 2.05) is 48.5 Å². The summed E-state index contributed by atoms with van der Waals surface area (Å²) in [6.07, 6.45) is 17.0. The molecule has 0 spiro atoms. The zero-order valence-corrected chi connectivity index (χ0v) is 21.8. The van der Waals surface area contributed by atoms with Crippen LogP contribution in [0.3, 0.4) is 0 Å². The summed E-state index contributed by atoms with van der Waals surface area (Å²) >= 11 is 0. The van der Waals surface area contributed by atoms with Crippen molar-refractivity contribution in [2.75, 3.05) is 19.8 Å². The molecule has 0 fully saturated rings. The van der Waals surface area contributed by atoms with E-state index in [1.165, 1.54) is 64.2 Å². The molecule has 35 heavy (non-hydrogen) atoms. The molecule has 0 heterocycles. The summed E-state index contributed by atoms with van der Waals surface area (Å²) in [6.45, 7) is 4.09. The first-order chi connectivity index (χ1) is 17.3.